The van der Waals surface area contributed by atoms with Crippen molar-refractivity contribution < 1.29 is 19.2 Å². The van der Waals surface area contributed by atoms with Gasteiger partial charge in [0.1, 0.15) is 0 Å². The van der Waals surface area contributed by atoms with Crippen LogP contribution in [0.1, 0.15) is 46.1 Å². The van der Waals surface area contributed by atoms with Gasteiger partial charge in [0.15, 0.2) is 5.60 Å². The number of carbonyl (C=O) groups excluding carboxylic acids is 1. The lowest BCUT2D eigenvalue weighted by Crippen LogP contribution is -2.50. The zero-order valence-corrected chi connectivity index (χ0v) is 15.1. The Balaban J connectivity index is 1.92. The van der Waals surface area contributed by atoms with E-state index in [1.165, 1.54) is 0 Å². The van der Waals surface area contributed by atoms with Gasteiger partial charge in [0.2, 0.25) is 0 Å². The van der Waals surface area contributed by atoms with Gasteiger partial charge in [-0.3, -0.25) is 4.79 Å². The molecule has 0 bridgehead atoms. The van der Waals surface area contributed by atoms with Crippen molar-refractivity contribution in [3.63, 3.8) is 0 Å². The number of likely N-dealkylation sites (N-methyl/N-ethyl adjacent to an activating group) is 1. The highest BCUT2D eigenvalue weighted by Crippen LogP contribution is 2.37. The first-order valence-corrected chi connectivity index (χ1v) is 8.51. The quantitative estimate of drug-likeness (QED) is 0.833. The molecule has 6 heteroatoms. The minimum atomic E-state index is -1.47. The fraction of sp³-hybridized carbons (Fsp3) is 0.611. The van der Waals surface area contributed by atoms with Gasteiger partial charge in [0.25, 0.3) is 5.91 Å². The average molecular weight is 331 g/mol. The van der Waals surface area contributed by atoms with Crippen LogP contribution in [0.5, 0.6) is 0 Å². The normalized spacial score (nSPS) is 29.2. The Morgan fingerprint density at radius 2 is 1.79 bits per heavy atom. The van der Waals surface area contributed by atoms with Gasteiger partial charge in [0, 0.05) is 13.6 Å². The smallest absolute Gasteiger partial charge is 0.399 e. The van der Waals surface area contributed by atoms with Crippen LogP contribution in [-0.4, -0.2) is 47.8 Å². The maximum absolute atomic E-state index is 12.5. The van der Waals surface area contributed by atoms with Crippen molar-refractivity contribution in [1.29, 1.82) is 0 Å². The second-order valence-corrected chi connectivity index (χ2v) is 7.90. The fourth-order valence-corrected chi connectivity index (χ4v) is 3.29. The number of hydrogen-bond acceptors (Lipinski definition) is 4. The molecule has 24 heavy (non-hydrogen) atoms. The van der Waals surface area contributed by atoms with Crippen LogP contribution < -0.4 is 5.46 Å². The number of rotatable bonds is 2. The van der Waals surface area contributed by atoms with Gasteiger partial charge < -0.3 is 19.3 Å². The lowest BCUT2D eigenvalue weighted by atomic mass is 9.75. The van der Waals surface area contributed by atoms with E-state index in [2.05, 4.69) is 0 Å². The molecule has 0 spiro atoms. The van der Waals surface area contributed by atoms with Crippen molar-refractivity contribution in [2.75, 3.05) is 13.6 Å². The number of likely N-dealkylation sites (tertiary alicyclic amines) is 1. The molecule has 0 radical (unpaired) electrons. The molecule has 0 saturated carbocycles. The fourth-order valence-electron chi connectivity index (χ4n) is 3.29. The molecule has 0 unspecified atom stereocenters. The predicted octanol–water partition coefficient (Wildman–Crippen LogP) is 1.43. The minimum absolute atomic E-state index is 0.250. The molecule has 2 saturated heterocycles. The molecule has 2 aliphatic rings. The van der Waals surface area contributed by atoms with Crippen LogP contribution in [0, 0.1) is 0 Å². The Hall–Kier alpha value is -1.37. The molecule has 130 valence electrons. The van der Waals surface area contributed by atoms with E-state index in [1.807, 2.05) is 45.9 Å². The summed E-state index contributed by atoms with van der Waals surface area (Å²) >= 11 is 0. The Labute approximate surface area is 144 Å². The van der Waals surface area contributed by atoms with Crippen molar-refractivity contribution in [2.24, 2.45) is 0 Å². The third kappa shape index (κ3) is 2.67. The number of nitrogens with zero attached hydrogens (tertiary/aromatic N) is 1. The first-order valence-electron chi connectivity index (χ1n) is 8.51. The molecule has 0 aromatic heterocycles. The van der Waals surface area contributed by atoms with Gasteiger partial charge in [-0.2, -0.15) is 0 Å². The highest BCUT2D eigenvalue weighted by molar-refractivity contribution is 6.62. The summed E-state index contributed by atoms with van der Waals surface area (Å²) in [5, 5.41) is 11.0. The predicted molar refractivity (Wildman–Crippen MR) is 92.9 cm³/mol. The number of amides is 1. The zero-order valence-electron chi connectivity index (χ0n) is 15.1. The number of aliphatic hydroxyl groups is 1. The van der Waals surface area contributed by atoms with Crippen LogP contribution in [0.2, 0.25) is 0 Å². The van der Waals surface area contributed by atoms with Crippen molar-refractivity contribution in [2.45, 2.75) is 57.3 Å². The van der Waals surface area contributed by atoms with Crippen LogP contribution >= 0.6 is 0 Å². The van der Waals surface area contributed by atoms with Gasteiger partial charge in [-0.15, -0.1) is 0 Å². The second kappa shape index (κ2) is 5.58. The monoisotopic (exact) mass is 331 g/mol. The van der Waals surface area contributed by atoms with E-state index in [1.54, 1.807) is 18.0 Å². The molecule has 5 nitrogen and oxygen atoms in total. The van der Waals surface area contributed by atoms with Crippen LogP contribution in [0.3, 0.4) is 0 Å². The van der Waals surface area contributed by atoms with E-state index in [0.717, 1.165) is 11.9 Å². The summed E-state index contributed by atoms with van der Waals surface area (Å²) in [5.74, 6) is -0.250. The van der Waals surface area contributed by atoms with Gasteiger partial charge >= 0.3 is 7.12 Å². The largest absolute Gasteiger partial charge is 0.494 e. The maximum Gasteiger partial charge on any atom is 0.494 e. The van der Waals surface area contributed by atoms with Crippen molar-refractivity contribution in [3.05, 3.63) is 29.8 Å². The Morgan fingerprint density at radius 3 is 2.42 bits per heavy atom. The molecule has 0 aliphatic carbocycles. The van der Waals surface area contributed by atoms with Crippen molar-refractivity contribution in [3.8, 4) is 0 Å². The van der Waals surface area contributed by atoms with Crippen molar-refractivity contribution in [1.82, 2.24) is 4.90 Å². The average Bonchev–Trinajstić information content (AvgIpc) is 2.73. The zero-order chi connectivity index (χ0) is 17.8. The molecule has 3 rings (SSSR count). The molecule has 1 aromatic rings. The third-order valence-corrected chi connectivity index (χ3v) is 5.62. The van der Waals surface area contributed by atoms with Crippen molar-refractivity contribution >= 4 is 18.5 Å². The van der Waals surface area contributed by atoms with Gasteiger partial charge in [-0.1, -0.05) is 24.3 Å². The van der Waals surface area contributed by atoms with Gasteiger partial charge in [-0.25, -0.2) is 0 Å². The topological polar surface area (TPSA) is 59.0 Å². The minimum Gasteiger partial charge on any atom is -0.399 e. The summed E-state index contributed by atoms with van der Waals surface area (Å²) in [6.07, 6.45) is 1.21. The number of carbonyl (C=O) groups is 1. The van der Waals surface area contributed by atoms with E-state index in [9.17, 15) is 9.90 Å². The number of piperidine rings is 1. The summed E-state index contributed by atoms with van der Waals surface area (Å²) in [4.78, 5) is 14.1. The number of hydrogen-bond donors (Lipinski definition) is 1. The van der Waals surface area contributed by atoms with E-state index < -0.39 is 23.9 Å². The summed E-state index contributed by atoms with van der Waals surface area (Å²) in [6.45, 7) is 8.69. The summed E-state index contributed by atoms with van der Waals surface area (Å²) in [5.41, 5.74) is -0.893. The molecular weight excluding hydrogens is 305 g/mol. The van der Waals surface area contributed by atoms with E-state index >= 15 is 0 Å². The lowest BCUT2D eigenvalue weighted by Gasteiger charge is -2.36. The molecule has 1 amide bonds. The molecule has 1 N–H and O–H groups in total. The Morgan fingerprint density at radius 1 is 1.17 bits per heavy atom. The van der Waals surface area contributed by atoms with E-state index in [0.29, 0.717) is 18.5 Å². The highest BCUT2D eigenvalue weighted by Gasteiger charge is 2.52. The standard InChI is InChI=1S/C18H26BNO4/c1-16(2)17(3,4)24-19(23-16)14-9-6-8-13(12-14)18(22)10-7-11-20(5)15(18)21/h6,8-9,12,22H,7,10-11H2,1-5H3/t18-/m0/s1. The molecule has 2 aliphatic heterocycles. The number of benzene rings is 1. The summed E-state index contributed by atoms with van der Waals surface area (Å²) in [7, 11) is 1.22. The summed E-state index contributed by atoms with van der Waals surface area (Å²) in [6, 6.07) is 7.38. The highest BCUT2D eigenvalue weighted by atomic mass is 16.7. The first kappa shape index (κ1) is 17.5. The van der Waals surface area contributed by atoms with Crippen LogP contribution in [0.25, 0.3) is 0 Å². The Kier molecular flexibility index (Phi) is 4.06. The second-order valence-electron chi connectivity index (χ2n) is 7.90. The van der Waals surface area contributed by atoms with Gasteiger partial charge in [-0.05, 0) is 51.6 Å². The Bertz CT molecular complexity index is 644. The lowest BCUT2D eigenvalue weighted by molar-refractivity contribution is -0.156. The SMILES string of the molecule is CN1CCC[C@](O)(c2cccc(B3OC(C)(C)C(C)(C)O3)c2)C1=O. The molecule has 1 aromatic carbocycles. The summed E-state index contributed by atoms with van der Waals surface area (Å²) < 4.78 is 12.1. The molecular formula is C18H26BNO4. The van der Waals surface area contributed by atoms with Gasteiger partial charge in [0.05, 0.1) is 11.2 Å². The molecule has 2 fully saturated rings. The van der Waals surface area contributed by atoms with Crippen LogP contribution in [-0.2, 0) is 19.7 Å². The molecule has 1 atom stereocenters. The third-order valence-electron chi connectivity index (χ3n) is 5.62. The molecule has 2 heterocycles. The van der Waals surface area contributed by atoms with Crippen LogP contribution in [0.4, 0.5) is 0 Å². The van der Waals surface area contributed by atoms with E-state index in [4.69, 9.17) is 9.31 Å². The van der Waals surface area contributed by atoms with E-state index in [-0.39, 0.29) is 5.91 Å². The maximum atomic E-state index is 12.5. The van der Waals surface area contributed by atoms with Crippen LogP contribution in [0.15, 0.2) is 24.3 Å². The first-order chi connectivity index (χ1) is 11.1.